The Morgan fingerprint density at radius 3 is 2.52 bits per heavy atom. The Balaban J connectivity index is 2.49. The van der Waals surface area contributed by atoms with Crippen LogP contribution >= 0.6 is 0 Å². The lowest BCUT2D eigenvalue weighted by atomic mass is 9.99. The minimum absolute atomic E-state index is 0.0819. The molecule has 6 nitrogen and oxygen atoms in total. The summed E-state index contributed by atoms with van der Waals surface area (Å²) >= 11 is 0. The molecular formula is C15H26N4O2. The van der Waals surface area contributed by atoms with Crippen LogP contribution in [0.25, 0.3) is 0 Å². The smallest absolute Gasteiger partial charge is 0.320 e. The van der Waals surface area contributed by atoms with Crippen LogP contribution in [0.1, 0.15) is 45.6 Å². The standard InChI is InChI=1S/C15H26N4O2/c1-4-6-7-16-15-18-9-12(10-19-15)8-17-13(14(20)21)11(3)5-2/h9-11,13,17H,4-8H2,1-3H3,(H,20,21)(H,16,18,19)/t11-,13+/m0/s1. The number of unbranched alkanes of at least 4 members (excludes halogenated alkanes) is 1. The van der Waals surface area contributed by atoms with Gasteiger partial charge in [-0.15, -0.1) is 0 Å². The predicted octanol–water partition coefficient (Wildman–Crippen LogP) is 2.28. The molecule has 0 bridgehead atoms. The number of nitrogens with one attached hydrogen (secondary N) is 2. The van der Waals surface area contributed by atoms with Crippen molar-refractivity contribution in [3.63, 3.8) is 0 Å². The first kappa shape index (κ1) is 17.4. The van der Waals surface area contributed by atoms with Gasteiger partial charge in [-0.1, -0.05) is 33.6 Å². The predicted molar refractivity (Wildman–Crippen MR) is 83.1 cm³/mol. The third-order valence-electron chi connectivity index (χ3n) is 3.52. The fourth-order valence-corrected chi connectivity index (χ4v) is 1.91. The Labute approximate surface area is 126 Å². The lowest BCUT2D eigenvalue weighted by Crippen LogP contribution is -2.41. The van der Waals surface area contributed by atoms with Crippen molar-refractivity contribution in [2.24, 2.45) is 5.92 Å². The Kier molecular flexibility index (Phi) is 7.68. The number of nitrogens with zero attached hydrogens (tertiary/aromatic N) is 2. The number of anilines is 1. The summed E-state index contributed by atoms with van der Waals surface area (Å²) in [6.45, 7) is 7.37. The zero-order valence-corrected chi connectivity index (χ0v) is 13.1. The molecule has 21 heavy (non-hydrogen) atoms. The molecule has 118 valence electrons. The molecule has 1 heterocycles. The molecule has 1 aromatic heterocycles. The van der Waals surface area contributed by atoms with E-state index in [0.717, 1.165) is 31.4 Å². The number of hydrogen-bond acceptors (Lipinski definition) is 5. The van der Waals surface area contributed by atoms with Crippen LogP contribution in [0.2, 0.25) is 0 Å². The second-order valence-corrected chi connectivity index (χ2v) is 5.28. The molecule has 0 aliphatic rings. The van der Waals surface area contributed by atoms with Crippen molar-refractivity contribution in [3.8, 4) is 0 Å². The number of carbonyl (C=O) groups is 1. The molecule has 6 heteroatoms. The van der Waals surface area contributed by atoms with E-state index in [1.54, 1.807) is 12.4 Å². The van der Waals surface area contributed by atoms with Crippen LogP contribution < -0.4 is 10.6 Å². The van der Waals surface area contributed by atoms with E-state index in [9.17, 15) is 9.90 Å². The first-order chi connectivity index (χ1) is 10.1. The van der Waals surface area contributed by atoms with E-state index >= 15 is 0 Å². The molecule has 0 saturated carbocycles. The van der Waals surface area contributed by atoms with Crippen molar-refractivity contribution in [1.82, 2.24) is 15.3 Å². The van der Waals surface area contributed by atoms with Crippen molar-refractivity contribution >= 4 is 11.9 Å². The molecule has 3 N–H and O–H groups in total. The van der Waals surface area contributed by atoms with Crippen LogP contribution in [0.5, 0.6) is 0 Å². The second-order valence-electron chi connectivity index (χ2n) is 5.28. The third kappa shape index (κ3) is 6.08. The highest BCUT2D eigenvalue weighted by atomic mass is 16.4. The quantitative estimate of drug-likeness (QED) is 0.574. The van der Waals surface area contributed by atoms with E-state index in [1.807, 2.05) is 13.8 Å². The first-order valence-electron chi connectivity index (χ1n) is 7.59. The SMILES string of the molecule is CCCCNc1ncc(CN[C@@H](C(=O)O)[C@@H](C)CC)cn1. The highest BCUT2D eigenvalue weighted by Gasteiger charge is 2.22. The second kappa shape index (κ2) is 9.28. The Morgan fingerprint density at radius 1 is 1.33 bits per heavy atom. The van der Waals surface area contributed by atoms with Crippen LogP contribution in [-0.4, -0.2) is 33.6 Å². The van der Waals surface area contributed by atoms with Gasteiger partial charge < -0.3 is 10.4 Å². The first-order valence-corrected chi connectivity index (χ1v) is 7.59. The van der Waals surface area contributed by atoms with E-state index in [1.165, 1.54) is 0 Å². The molecule has 0 unspecified atom stereocenters. The molecule has 0 aliphatic heterocycles. The zero-order valence-electron chi connectivity index (χ0n) is 13.1. The zero-order chi connectivity index (χ0) is 15.7. The Bertz CT molecular complexity index is 422. The molecule has 1 aromatic rings. The van der Waals surface area contributed by atoms with Gasteiger partial charge in [0.2, 0.25) is 5.95 Å². The number of hydrogen-bond donors (Lipinski definition) is 3. The molecule has 0 aliphatic carbocycles. The fourth-order valence-electron chi connectivity index (χ4n) is 1.91. The summed E-state index contributed by atoms with van der Waals surface area (Å²) in [4.78, 5) is 19.7. The minimum Gasteiger partial charge on any atom is -0.480 e. The summed E-state index contributed by atoms with van der Waals surface area (Å²) in [6.07, 6.45) is 6.48. The van der Waals surface area contributed by atoms with Gasteiger partial charge in [0.05, 0.1) is 0 Å². The summed E-state index contributed by atoms with van der Waals surface area (Å²) in [5.74, 6) is -0.120. The lowest BCUT2D eigenvalue weighted by molar-refractivity contribution is -0.140. The van der Waals surface area contributed by atoms with Crippen LogP contribution in [-0.2, 0) is 11.3 Å². The van der Waals surface area contributed by atoms with Crippen LogP contribution in [0.15, 0.2) is 12.4 Å². The molecular weight excluding hydrogens is 268 g/mol. The molecule has 0 aromatic carbocycles. The van der Waals surface area contributed by atoms with Gasteiger partial charge in [0, 0.05) is 31.0 Å². The van der Waals surface area contributed by atoms with Gasteiger partial charge in [0.25, 0.3) is 0 Å². The maximum atomic E-state index is 11.2. The van der Waals surface area contributed by atoms with Gasteiger partial charge in [-0.05, 0) is 12.3 Å². The summed E-state index contributed by atoms with van der Waals surface area (Å²) in [5, 5.41) is 15.4. The van der Waals surface area contributed by atoms with Gasteiger partial charge in [-0.25, -0.2) is 9.97 Å². The van der Waals surface area contributed by atoms with Crippen molar-refractivity contribution in [2.45, 2.75) is 52.6 Å². The van der Waals surface area contributed by atoms with Crippen molar-refractivity contribution in [1.29, 1.82) is 0 Å². The number of carboxylic acids is 1. The summed E-state index contributed by atoms with van der Waals surface area (Å²) < 4.78 is 0. The van der Waals surface area contributed by atoms with E-state index in [0.29, 0.717) is 12.5 Å². The summed E-state index contributed by atoms with van der Waals surface area (Å²) in [5.41, 5.74) is 0.880. The maximum absolute atomic E-state index is 11.2. The Hall–Kier alpha value is -1.69. The van der Waals surface area contributed by atoms with Crippen molar-refractivity contribution in [2.75, 3.05) is 11.9 Å². The topological polar surface area (TPSA) is 87.1 Å². The van der Waals surface area contributed by atoms with Gasteiger partial charge in [0.15, 0.2) is 0 Å². The molecule has 0 fully saturated rings. The molecule has 2 atom stereocenters. The summed E-state index contributed by atoms with van der Waals surface area (Å²) in [6, 6.07) is -0.544. The van der Waals surface area contributed by atoms with Gasteiger partial charge in [-0.2, -0.15) is 0 Å². The number of carboxylic acid groups (broad SMARTS) is 1. The number of aliphatic carboxylic acids is 1. The van der Waals surface area contributed by atoms with Crippen LogP contribution in [0.3, 0.4) is 0 Å². The van der Waals surface area contributed by atoms with E-state index in [2.05, 4.69) is 27.5 Å². The van der Waals surface area contributed by atoms with Gasteiger partial charge in [-0.3, -0.25) is 10.1 Å². The molecule has 0 radical (unpaired) electrons. The van der Waals surface area contributed by atoms with E-state index in [4.69, 9.17) is 0 Å². The third-order valence-corrected chi connectivity index (χ3v) is 3.52. The highest BCUT2D eigenvalue weighted by molar-refractivity contribution is 5.73. The normalized spacial score (nSPS) is 13.7. The monoisotopic (exact) mass is 294 g/mol. The number of rotatable bonds is 10. The van der Waals surface area contributed by atoms with Gasteiger partial charge in [0.1, 0.15) is 6.04 Å². The highest BCUT2D eigenvalue weighted by Crippen LogP contribution is 2.09. The Morgan fingerprint density at radius 2 is 2.00 bits per heavy atom. The lowest BCUT2D eigenvalue weighted by Gasteiger charge is -2.20. The van der Waals surface area contributed by atoms with E-state index < -0.39 is 12.0 Å². The summed E-state index contributed by atoms with van der Waals surface area (Å²) in [7, 11) is 0. The average Bonchev–Trinajstić information content (AvgIpc) is 2.48. The average molecular weight is 294 g/mol. The van der Waals surface area contributed by atoms with Crippen molar-refractivity contribution in [3.05, 3.63) is 18.0 Å². The largest absolute Gasteiger partial charge is 0.480 e. The minimum atomic E-state index is -0.817. The number of aromatic nitrogens is 2. The molecule has 0 amide bonds. The van der Waals surface area contributed by atoms with Gasteiger partial charge >= 0.3 is 5.97 Å². The molecule has 1 rings (SSSR count). The molecule has 0 saturated heterocycles. The molecule has 0 spiro atoms. The maximum Gasteiger partial charge on any atom is 0.320 e. The van der Waals surface area contributed by atoms with Crippen LogP contribution in [0, 0.1) is 5.92 Å². The van der Waals surface area contributed by atoms with Crippen molar-refractivity contribution < 1.29 is 9.90 Å². The van der Waals surface area contributed by atoms with E-state index in [-0.39, 0.29) is 5.92 Å². The fraction of sp³-hybridized carbons (Fsp3) is 0.667. The van der Waals surface area contributed by atoms with Crippen LogP contribution in [0.4, 0.5) is 5.95 Å².